The molecule has 5 heteroatoms. The largest absolute Gasteiger partial charge is 0.322 e. The van der Waals surface area contributed by atoms with Crippen molar-refractivity contribution in [1.82, 2.24) is 9.97 Å². The van der Waals surface area contributed by atoms with Crippen LogP contribution < -0.4 is 11.1 Å². The summed E-state index contributed by atoms with van der Waals surface area (Å²) in [7, 11) is 0. The summed E-state index contributed by atoms with van der Waals surface area (Å²) in [5.74, 6) is 0.499. The second-order valence-electron chi connectivity index (χ2n) is 4.82. The topological polar surface area (TPSA) is 80.9 Å². The van der Waals surface area contributed by atoms with Crippen LogP contribution in [0.25, 0.3) is 0 Å². The summed E-state index contributed by atoms with van der Waals surface area (Å²) >= 11 is 0. The summed E-state index contributed by atoms with van der Waals surface area (Å²) in [5, 5.41) is 2.63. The number of aromatic nitrogens is 2. The van der Waals surface area contributed by atoms with Gasteiger partial charge in [0.1, 0.15) is 5.82 Å². The van der Waals surface area contributed by atoms with E-state index in [2.05, 4.69) is 15.3 Å². The number of hydrogen-bond acceptors (Lipinski definition) is 4. The number of anilines is 1. The van der Waals surface area contributed by atoms with Crippen molar-refractivity contribution in [2.24, 2.45) is 5.73 Å². The van der Waals surface area contributed by atoms with Gasteiger partial charge in [-0.3, -0.25) is 4.79 Å². The van der Waals surface area contributed by atoms with Crippen molar-refractivity contribution in [1.29, 1.82) is 0 Å². The number of carbonyl (C=O) groups excluding carboxylic acids is 1. The van der Waals surface area contributed by atoms with Crippen molar-refractivity contribution < 1.29 is 4.79 Å². The van der Waals surface area contributed by atoms with Crippen LogP contribution in [-0.2, 0) is 10.2 Å². The molecule has 5 nitrogen and oxygen atoms in total. The molecule has 1 amide bonds. The minimum Gasteiger partial charge on any atom is -0.322 e. The van der Waals surface area contributed by atoms with E-state index in [1.807, 2.05) is 20.8 Å². The summed E-state index contributed by atoms with van der Waals surface area (Å²) in [6, 6.07) is -0.540. The van der Waals surface area contributed by atoms with Gasteiger partial charge in [0, 0.05) is 5.41 Å². The summed E-state index contributed by atoms with van der Waals surface area (Å²) in [6.45, 7) is 7.72. The fraction of sp³-hybridized carbons (Fsp3) is 0.545. The average Bonchev–Trinajstić information content (AvgIpc) is 2.17. The molecule has 0 aliphatic carbocycles. The van der Waals surface area contributed by atoms with E-state index < -0.39 is 6.04 Å². The van der Waals surface area contributed by atoms with Crippen LogP contribution in [0.4, 0.5) is 5.69 Å². The Bertz CT molecular complexity index is 365. The predicted molar refractivity (Wildman–Crippen MR) is 63.0 cm³/mol. The zero-order chi connectivity index (χ0) is 12.3. The van der Waals surface area contributed by atoms with Crippen molar-refractivity contribution in [2.45, 2.75) is 39.2 Å². The minimum atomic E-state index is -0.540. The first-order chi connectivity index (χ1) is 7.30. The van der Waals surface area contributed by atoms with Gasteiger partial charge in [0.15, 0.2) is 0 Å². The minimum absolute atomic E-state index is 0.0936. The highest BCUT2D eigenvalue weighted by Crippen LogP contribution is 2.18. The Balaban J connectivity index is 2.76. The Morgan fingerprint density at radius 2 is 1.88 bits per heavy atom. The first-order valence-electron chi connectivity index (χ1n) is 5.19. The van der Waals surface area contributed by atoms with E-state index in [1.165, 1.54) is 0 Å². The molecule has 0 radical (unpaired) electrons. The lowest BCUT2D eigenvalue weighted by Crippen LogP contribution is -2.32. The lowest BCUT2D eigenvalue weighted by molar-refractivity contribution is -0.117. The molecule has 1 aromatic heterocycles. The molecule has 0 fully saturated rings. The number of amides is 1. The Hall–Kier alpha value is -1.49. The third kappa shape index (κ3) is 3.27. The van der Waals surface area contributed by atoms with Gasteiger partial charge in [0.2, 0.25) is 5.91 Å². The van der Waals surface area contributed by atoms with Crippen molar-refractivity contribution in [2.75, 3.05) is 5.32 Å². The van der Waals surface area contributed by atoms with Crippen LogP contribution >= 0.6 is 0 Å². The Kier molecular flexibility index (Phi) is 3.59. The highest BCUT2D eigenvalue weighted by Gasteiger charge is 2.17. The maximum absolute atomic E-state index is 11.3. The van der Waals surface area contributed by atoms with Gasteiger partial charge in [-0.2, -0.15) is 0 Å². The first-order valence-corrected chi connectivity index (χ1v) is 5.19. The van der Waals surface area contributed by atoms with Gasteiger partial charge in [-0.15, -0.1) is 0 Å². The second-order valence-corrected chi connectivity index (χ2v) is 4.82. The molecule has 0 aliphatic heterocycles. The van der Waals surface area contributed by atoms with Gasteiger partial charge in [-0.1, -0.05) is 20.8 Å². The summed E-state index contributed by atoms with van der Waals surface area (Å²) in [5.41, 5.74) is 5.90. The molecule has 0 unspecified atom stereocenters. The molecular formula is C11H18N4O. The first kappa shape index (κ1) is 12.6. The fourth-order valence-corrected chi connectivity index (χ4v) is 1.04. The summed E-state index contributed by atoms with van der Waals surface area (Å²) in [6.07, 6.45) is 3.18. The Morgan fingerprint density at radius 1 is 1.38 bits per heavy atom. The van der Waals surface area contributed by atoms with E-state index in [1.54, 1.807) is 19.3 Å². The van der Waals surface area contributed by atoms with E-state index >= 15 is 0 Å². The quantitative estimate of drug-likeness (QED) is 0.784. The van der Waals surface area contributed by atoms with Crippen LogP contribution in [0.15, 0.2) is 12.4 Å². The second kappa shape index (κ2) is 4.57. The molecule has 88 valence electrons. The maximum atomic E-state index is 11.3. The smallest absolute Gasteiger partial charge is 0.241 e. The molecule has 0 bridgehead atoms. The molecule has 0 saturated carbocycles. The van der Waals surface area contributed by atoms with E-state index in [4.69, 9.17) is 5.73 Å². The van der Waals surface area contributed by atoms with Crippen LogP contribution in [-0.4, -0.2) is 21.9 Å². The summed E-state index contributed by atoms with van der Waals surface area (Å²) in [4.78, 5) is 19.7. The molecule has 1 atom stereocenters. The molecule has 1 rings (SSSR count). The fourth-order valence-electron chi connectivity index (χ4n) is 1.04. The van der Waals surface area contributed by atoms with Gasteiger partial charge in [-0.25, -0.2) is 9.97 Å². The third-order valence-electron chi connectivity index (χ3n) is 2.00. The molecule has 1 heterocycles. The van der Waals surface area contributed by atoms with E-state index in [0.29, 0.717) is 5.69 Å². The normalized spacial score (nSPS) is 13.3. The highest BCUT2D eigenvalue weighted by molar-refractivity contribution is 5.94. The average molecular weight is 222 g/mol. The van der Waals surface area contributed by atoms with Crippen molar-refractivity contribution in [3.8, 4) is 0 Å². The van der Waals surface area contributed by atoms with Crippen molar-refractivity contribution >= 4 is 11.6 Å². The SMILES string of the molecule is C[C@H](N)C(=O)Nc1cnc(C(C)(C)C)nc1. The van der Waals surface area contributed by atoms with Gasteiger partial charge in [-0.05, 0) is 6.92 Å². The van der Waals surface area contributed by atoms with Gasteiger partial charge in [0.25, 0.3) is 0 Å². The van der Waals surface area contributed by atoms with Gasteiger partial charge in [0.05, 0.1) is 24.1 Å². The zero-order valence-electron chi connectivity index (χ0n) is 10.1. The maximum Gasteiger partial charge on any atom is 0.241 e. The van der Waals surface area contributed by atoms with Gasteiger partial charge >= 0.3 is 0 Å². The molecule has 16 heavy (non-hydrogen) atoms. The van der Waals surface area contributed by atoms with Crippen molar-refractivity contribution in [3.63, 3.8) is 0 Å². The molecular weight excluding hydrogens is 204 g/mol. The number of nitrogens with zero attached hydrogens (tertiary/aromatic N) is 2. The van der Waals surface area contributed by atoms with Crippen LogP contribution in [0, 0.1) is 0 Å². The van der Waals surface area contributed by atoms with Crippen LogP contribution in [0.2, 0.25) is 0 Å². The highest BCUT2D eigenvalue weighted by atomic mass is 16.2. The van der Waals surface area contributed by atoms with Crippen LogP contribution in [0.1, 0.15) is 33.5 Å². The number of nitrogens with two attached hydrogens (primary N) is 1. The predicted octanol–water partition coefficient (Wildman–Crippen LogP) is 1.06. The molecule has 0 aliphatic rings. The number of hydrogen-bond donors (Lipinski definition) is 2. The molecule has 1 aromatic rings. The van der Waals surface area contributed by atoms with Crippen LogP contribution in [0.3, 0.4) is 0 Å². The Morgan fingerprint density at radius 3 is 2.25 bits per heavy atom. The van der Waals surface area contributed by atoms with E-state index in [0.717, 1.165) is 5.82 Å². The van der Waals surface area contributed by atoms with E-state index in [9.17, 15) is 4.79 Å². The number of nitrogens with one attached hydrogen (secondary N) is 1. The van der Waals surface area contributed by atoms with Gasteiger partial charge < -0.3 is 11.1 Å². The number of carbonyl (C=O) groups is 1. The summed E-state index contributed by atoms with van der Waals surface area (Å²) < 4.78 is 0. The lowest BCUT2D eigenvalue weighted by Gasteiger charge is -2.16. The Labute approximate surface area is 95.5 Å². The van der Waals surface area contributed by atoms with Crippen molar-refractivity contribution in [3.05, 3.63) is 18.2 Å². The molecule has 3 N–H and O–H groups in total. The van der Waals surface area contributed by atoms with Crippen LogP contribution in [0.5, 0.6) is 0 Å². The van der Waals surface area contributed by atoms with E-state index in [-0.39, 0.29) is 11.3 Å². The third-order valence-corrected chi connectivity index (χ3v) is 2.00. The number of rotatable bonds is 2. The molecule has 0 spiro atoms. The zero-order valence-corrected chi connectivity index (χ0v) is 10.1. The monoisotopic (exact) mass is 222 g/mol. The molecule has 0 saturated heterocycles. The molecule has 0 aromatic carbocycles. The lowest BCUT2D eigenvalue weighted by atomic mass is 9.96. The standard InChI is InChI=1S/C11H18N4O/c1-7(12)9(16)15-8-5-13-10(14-6-8)11(2,3)4/h5-7H,12H2,1-4H3,(H,15,16)/t7-/m0/s1.